The van der Waals surface area contributed by atoms with Gasteiger partial charge in [0, 0.05) is 0 Å². The Morgan fingerprint density at radius 2 is 2.06 bits per heavy atom. The summed E-state index contributed by atoms with van der Waals surface area (Å²) in [6, 6.07) is 7.43. The highest BCUT2D eigenvalue weighted by molar-refractivity contribution is 7.80. The first-order valence-electron chi connectivity index (χ1n) is 4.99. The van der Waals surface area contributed by atoms with Gasteiger partial charge in [0.05, 0.1) is 13.7 Å². The standard InChI is InChI=1S/C11H13NO3S/c1-13-8-2-4-9(5-3-8)14-7-10-6-12-11(16)15-10/h2-5,10H,6-7H2,1H3,(H,12,16). The van der Waals surface area contributed by atoms with Crippen molar-refractivity contribution in [1.82, 2.24) is 5.32 Å². The zero-order valence-electron chi connectivity index (χ0n) is 8.93. The van der Waals surface area contributed by atoms with Crippen LogP contribution in [0, 0.1) is 0 Å². The molecule has 2 rings (SSSR count). The number of methoxy groups -OCH3 is 1. The lowest BCUT2D eigenvalue weighted by Gasteiger charge is -2.10. The number of rotatable bonds is 4. The predicted octanol–water partition coefficient (Wildman–Crippen LogP) is 1.35. The van der Waals surface area contributed by atoms with Crippen molar-refractivity contribution in [3.63, 3.8) is 0 Å². The molecular formula is C11H13NO3S. The third-order valence-electron chi connectivity index (χ3n) is 2.24. The largest absolute Gasteiger partial charge is 0.497 e. The van der Waals surface area contributed by atoms with Gasteiger partial charge in [-0.2, -0.15) is 0 Å². The molecular weight excluding hydrogens is 226 g/mol. The van der Waals surface area contributed by atoms with Gasteiger partial charge in [-0.05, 0) is 36.5 Å². The number of ether oxygens (including phenoxy) is 3. The van der Waals surface area contributed by atoms with Gasteiger partial charge < -0.3 is 19.5 Å². The van der Waals surface area contributed by atoms with Crippen molar-refractivity contribution in [1.29, 1.82) is 0 Å². The van der Waals surface area contributed by atoms with Crippen LogP contribution in [0.25, 0.3) is 0 Å². The minimum Gasteiger partial charge on any atom is -0.497 e. The van der Waals surface area contributed by atoms with Crippen LogP contribution >= 0.6 is 12.2 Å². The molecule has 0 bridgehead atoms. The second-order valence-corrected chi connectivity index (χ2v) is 3.77. The minimum atomic E-state index is -0.00500. The molecule has 0 radical (unpaired) electrons. The number of benzene rings is 1. The van der Waals surface area contributed by atoms with E-state index in [1.807, 2.05) is 24.3 Å². The second kappa shape index (κ2) is 5.03. The fourth-order valence-electron chi connectivity index (χ4n) is 1.39. The van der Waals surface area contributed by atoms with Crippen LogP contribution in [0.15, 0.2) is 24.3 Å². The summed E-state index contributed by atoms with van der Waals surface area (Å²) in [4.78, 5) is 0. The Labute approximate surface area is 99.5 Å². The third kappa shape index (κ3) is 2.76. The van der Waals surface area contributed by atoms with Crippen molar-refractivity contribution in [2.75, 3.05) is 20.3 Å². The normalized spacial score (nSPS) is 18.8. The summed E-state index contributed by atoms with van der Waals surface area (Å²) in [7, 11) is 1.63. The van der Waals surface area contributed by atoms with E-state index in [0.717, 1.165) is 11.5 Å². The molecule has 4 nitrogen and oxygen atoms in total. The van der Waals surface area contributed by atoms with Crippen LogP contribution in [0.3, 0.4) is 0 Å². The summed E-state index contributed by atoms with van der Waals surface area (Å²) in [5, 5.41) is 3.38. The Kier molecular flexibility index (Phi) is 3.46. The fourth-order valence-corrected chi connectivity index (χ4v) is 1.61. The lowest BCUT2D eigenvalue weighted by Crippen LogP contribution is -2.21. The number of hydrogen-bond acceptors (Lipinski definition) is 4. The number of nitrogens with one attached hydrogen (secondary N) is 1. The van der Waals surface area contributed by atoms with Gasteiger partial charge in [0.1, 0.15) is 18.1 Å². The van der Waals surface area contributed by atoms with Crippen molar-refractivity contribution in [2.24, 2.45) is 0 Å². The van der Waals surface area contributed by atoms with Crippen molar-refractivity contribution in [3.8, 4) is 11.5 Å². The molecule has 1 fully saturated rings. The minimum absolute atomic E-state index is 0.00500. The Balaban J connectivity index is 1.82. The lowest BCUT2D eigenvalue weighted by atomic mass is 10.3. The fraction of sp³-hybridized carbons (Fsp3) is 0.364. The highest BCUT2D eigenvalue weighted by atomic mass is 32.1. The quantitative estimate of drug-likeness (QED) is 0.803. The molecule has 0 aromatic heterocycles. The van der Waals surface area contributed by atoms with Gasteiger partial charge in [-0.3, -0.25) is 0 Å². The SMILES string of the molecule is COc1ccc(OCC2CNC(=S)O2)cc1. The molecule has 0 spiro atoms. The van der Waals surface area contributed by atoms with E-state index in [1.54, 1.807) is 7.11 Å². The molecule has 86 valence electrons. The van der Waals surface area contributed by atoms with E-state index in [4.69, 9.17) is 26.4 Å². The third-order valence-corrected chi connectivity index (χ3v) is 2.48. The summed E-state index contributed by atoms with van der Waals surface area (Å²) in [6.45, 7) is 1.19. The van der Waals surface area contributed by atoms with E-state index in [1.165, 1.54) is 0 Å². The molecule has 1 N–H and O–H groups in total. The van der Waals surface area contributed by atoms with Crippen LogP contribution in [-0.4, -0.2) is 31.5 Å². The van der Waals surface area contributed by atoms with Gasteiger partial charge in [0.25, 0.3) is 5.17 Å². The molecule has 0 aliphatic carbocycles. The average molecular weight is 239 g/mol. The second-order valence-electron chi connectivity index (χ2n) is 3.39. The summed E-state index contributed by atoms with van der Waals surface area (Å²) in [5.41, 5.74) is 0. The van der Waals surface area contributed by atoms with Crippen molar-refractivity contribution >= 4 is 17.4 Å². The van der Waals surface area contributed by atoms with Gasteiger partial charge in [-0.25, -0.2) is 0 Å². The van der Waals surface area contributed by atoms with E-state index in [0.29, 0.717) is 18.3 Å². The van der Waals surface area contributed by atoms with E-state index < -0.39 is 0 Å². The smallest absolute Gasteiger partial charge is 0.257 e. The summed E-state index contributed by atoms with van der Waals surface area (Å²) < 4.78 is 15.9. The van der Waals surface area contributed by atoms with E-state index >= 15 is 0 Å². The van der Waals surface area contributed by atoms with Crippen LogP contribution in [0.4, 0.5) is 0 Å². The van der Waals surface area contributed by atoms with Crippen molar-refractivity contribution in [3.05, 3.63) is 24.3 Å². The average Bonchev–Trinajstić information content (AvgIpc) is 2.73. The summed E-state index contributed by atoms with van der Waals surface area (Å²) in [6.07, 6.45) is -0.00500. The molecule has 1 saturated heterocycles. The highest BCUT2D eigenvalue weighted by Crippen LogP contribution is 2.17. The molecule has 1 atom stereocenters. The monoisotopic (exact) mass is 239 g/mol. The molecule has 1 unspecified atom stereocenters. The van der Waals surface area contributed by atoms with Gasteiger partial charge in [-0.1, -0.05) is 0 Å². The molecule has 0 saturated carbocycles. The van der Waals surface area contributed by atoms with Crippen LogP contribution in [0.5, 0.6) is 11.5 Å². The summed E-state index contributed by atoms with van der Waals surface area (Å²) >= 11 is 4.85. The molecule has 1 aliphatic heterocycles. The molecule has 16 heavy (non-hydrogen) atoms. The van der Waals surface area contributed by atoms with E-state index in [-0.39, 0.29) is 6.10 Å². The molecule has 1 aliphatic rings. The Bertz CT molecular complexity index is 366. The predicted molar refractivity (Wildman–Crippen MR) is 64.0 cm³/mol. The highest BCUT2D eigenvalue weighted by Gasteiger charge is 2.20. The zero-order chi connectivity index (χ0) is 11.4. The molecule has 1 aromatic rings. The molecule has 1 aromatic carbocycles. The maximum Gasteiger partial charge on any atom is 0.257 e. The lowest BCUT2D eigenvalue weighted by molar-refractivity contribution is 0.150. The first-order valence-corrected chi connectivity index (χ1v) is 5.40. The maximum absolute atomic E-state index is 5.56. The first-order chi connectivity index (χ1) is 7.78. The molecule has 0 amide bonds. The van der Waals surface area contributed by atoms with Crippen molar-refractivity contribution in [2.45, 2.75) is 6.10 Å². The van der Waals surface area contributed by atoms with E-state index in [9.17, 15) is 0 Å². The van der Waals surface area contributed by atoms with Crippen LogP contribution in [0.1, 0.15) is 0 Å². The summed E-state index contributed by atoms with van der Waals surface area (Å²) in [5.74, 6) is 1.61. The molecule has 1 heterocycles. The topological polar surface area (TPSA) is 39.7 Å². The van der Waals surface area contributed by atoms with Crippen molar-refractivity contribution < 1.29 is 14.2 Å². The Morgan fingerprint density at radius 3 is 2.62 bits per heavy atom. The Hall–Kier alpha value is -1.49. The maximum atomic E-state index is 5.56. The van der Waals surface area contributed by atoms with Gasteiger partial charge in [0.15, 0.2) is 6.10 Å². The van der Waals surface area contributed by atoms with Gasteiger partial charge in [0.2, 0.25) is 0 Å². The first kappa shape index (κ1) is 11.0. The van der Waals surface area contributed by atoms with E-state index in [2.05, 4.69) is 5.32 Å². The van der Waals surface area contributed by atoms with Gasteiger partial charge >= 0.3 is 0 Å². The van der Waals surface area contributed by atoms with Crippen LogP contribution < -0.4 is 14.8 Å². The van der Waals surface area contributed by atoms with Crippen LogP contribution in [-0.2, 0) is 4.74 Å². The van der Waals surface area contributed by atoms with Gasteiger partial charge in [-0.15, -0.1) is 0 Å². The zero-order valence-corrected chi connectivity index (χ0v) is 9.75. The van der Waals surface area contributed by atoms with Crippen LogP contribution in [0.2, 0.25) is 0 Å². The number of thiocarbonyl (C=S) groups is 1. The number of hydrogen-bond donors (Lipinski definition) is 1. The Morgan fingerprint density at radius 1 is 1.38 bits per heavy atom. The molecule has 5 heteroatoms.